The van der Waals surface area contributed by atoms with E-state index in [-0.39, 0.29) is 11.4 Å². The van der Waals surface area contributed by atoms with E-state index in [9.17, 15) is 9.18 Å². The van der Waals surface area contributed by atoms with Crippen LogP contribution in [0.2, 0.25) is 0 Å². The van der Waals surface area contributed by atoms with E-state index in [2.05, 4.69) is 0 Å². The molecule has 1 aromatic carbocycles. The second kappa shape index (κ2) is 5.51. The molecule has 0 saturated carbocycles. The van der Waals surface area contributed by atoms with E-state index in [1.165, 1.54) is 30.0 Å². The van der Waals surface area contributed by atoms with Gasteiger partial charge < -0.3 is 9.84 Å². The van der Waals surface area contributed by atoms with Crippen LogP contribution in [0.15, 0.2) is 23.1 Å². The lowest BCUT2D eigenvalue weighted by Crippen LogP contribution is -2.03. The quantitative estimate of drug-likeness (QED) is 0.841. The Morgan fingerprint density at radius 1 is 1.59 bits per heavy atom. The van der Waals surface area contributed by atoms with Gasteiger partial charge in [-0.3, -0.25) is 0 Å². The molecule has 1 aliphatic heterocycles. The van der Waals surface area contributed by atoms with Gasteiger partial charge in [0.05, 0.1) is 12.2 Å². The number of thioether (sulfide) groups is 1. The van der Waals surface area contributed by atoms with Crippen LogP contribution < -0.4 is 0 Å². The molecule has 0 aliphatic carbocycles. The molecule has 1 saturated heterocycles. The van der Waals surface area contributed by atoms with Crippen molar-refractivity contribution in [3.8, 4) is 0 Å². The lowest BCUT2D eigenvalue weighted by Gasteiger charge is -2.08. The lowest BCUT2D eigenvalue weighted by atomic mass is 10.2. The zero-order valence-corrected chi connectivity index (χ0v) is 10.0. The molecule has 92 valence electrons. The lowest BCUT2D eigenvalue weighted by molar-refractivity contribution is 0.0696. The minimum Gasteiger partial charge on any atom is -0.478 e. The molecular weight excluding hydrogens is 243 g/mol. The fourth-order valence-electron chi connectivity index (χ4n) is 1.67. The number of halogens is 1. The summed E-state index contributed by atoms with van der Waals surface area (Å²) in [6, 6.07) is 3.87. The molecule has 1 atom stereocenters. The van der Waals surface area contributed by atoms with E-state index in [0.29, 0.717) is 17.4 Å². The molecule has 0 bridgehead atoms. The summed E-state index contributed by atoms with van der Waals surface area (Å²) in [6.07, 6.45) is 0.993. The van der Waals surface area contributed by atoms with Gasteiger partial charge in [-0.15, -0.1) is 11.8 Å². The Hall–Kier alpha value is -1.07. The number of hydrogen-bond acceptors (Lipinski definition) is 3. The minimum atomic E-state index is -1.03. The predicted molar refractivity (Wildman–Crippen MR) is 63.0 cm³/mol. The summed E-state index contributed by atoms with van der Waals surface area (Å²) in [4.78, 5) is 11.2. The molecule has 1 heterocycles. The van der Waals surface area contributed by atoms with Gasteiger partial charge in [0.25, 0.3) is 0 Å². The molecule has 0 aromatic heterocycles. The van der Waals surface area contributed by atoms with Crippen molar-refractivity contribution in [2.45, 2.75) is 11.3 Å². The minimum absolute atomic E-state index is 0.122. The molecule has 1 N–H and O–H groups in total. The van der Waals surface area contributed by atoms with Crippen molar-refractivity contribution >= 4 is 17.7 Å². The summed E-state index contributed by atoms with van der Waals surface area (Å²) >= 11 is 1.36. The molecular formula is C12H13FO3S. The number of carbonyl (C=O) groups is 1. The first-order valence-electron chi connectivity index (χ1n) is 5.40. The van der Waals surface area contributed by atoms with Crippen molar-refractivity contribution in [3.05, 3.63) is 29.6 Å². The van der Waals surface area contributed by atoms with E-state index in [0.717, 1.165) is 18.8 Å². The van der Waals surface area contributed by atoms with Gasteiger partial charge in [-0.1, -0.05) is 0 Å². The van der Waals surface area contributed by atoms with Crippen LogP contribution in [0.4, 0.5) is 4.39 Å². The normalized spacial score (nSPS) is 19.5. The average Bonchev–Trinajstić information content (AvgIpc) is 2.80. The van der Waals surface area contributed by atoms with Crippen molar-refractivity contribution in [1.29, 1.82) is 0 Å². The Morgan fingerprint density at radius 3 is 3.06 bits per heavy atom. The van der Waals surface area contributed by atoms with Gasteiger partial charge in [-0.2, -0.15) is 0 Å². The van der Waals surface area contributed by atoms with Gasteiger partial charge in [0.15, 0.2) is 0 Å². The van der Waals surface area contributed by atoms with E-state index in [1.807, 2.05) is 0 Å². The smallest absolute Gasteiger partial charge is 0.335 e. The molecule has 1 unspecified atom stereocenters. The third-order valence-electron chi connectivity index (χ3n) is 2.68. The number of carboxylic acid groups (broad SMARTS) is 1. The fraction of sp³-hybridized carbons (Fsp3) is 0.417. The van der Waals surface area contributed by atoms with E-state index >= 15 is 0 Å². The fourth-order valence-corrected chi connectivity index (χ4v) is 2.76. The van der Waals surface area contributed by atoms with E-state index in [4.69, 9.17) is 9.84 Å². The Bertz CT molecular complexity index is 416. The van der Waals surface area contributed by atoms with Crippen LogP contribution in [-0.4, -0.2) is 30.0 Å². The number of rotatable bonds is 4. The molecule has 1 fully saturated rings. The van der Waals surface area contributed by atoms with Crippen LogP contribution >= 0.6 is 11.8 Å². The number of ether oxygens (including phenoxy) is 1. The zero-order valence-electron chi connectivity index (χ0n) is 9.19. The predicted octanol–water partition coefficient (Wildman–Crippen LogP) is 2.65. The maximum absolute atomic E-state index is 13.5. The van der Waals surface area contributed by atoms with Gasteiger partial charge in [-0.25, -0.2) is 9.18 Å². The van der Waals surface area contributed by atoms with E-state index < -0.39 is 5.97 Å². The largest absolute Gasteiger partial charge is 0.478 e. The number of hydrogen-bond donors (Lipinski definition) is 1. The first-order valence-corrected chi connectivity index (χ1v) is 6.39. The first-order chi connectivity index (χ1) is 8.16. The highest BCUT2D eigenvalue weighted by molar-refractivity contribution is 7.99. The third kappa shape index (κ3) is 3.20. The molecule has 0 amide bonds. The van der Waals surface area contributed by atoms with Crippen LogP contribution in [-0.2, 0) is 4.74 Å². The molecule has 0 radical (unpaired) electrons. The summed E-state index contributed by atoms with van der Waals surface area (Å²) < 4.78 is 18.7. The highest BCUT2D eigenvalue weighted by Crippen LogP contribution is 2.27. The molecule has 1 aromatic rings. The SMILES string of the molecule is O=C(O)c1ccc(F)c(SCC2CCOC2)c1. The maximum Gasteiger partial charge on any atom is 0.335 e. The number of carboxylic acids is 1. The van der Waals surface area contributed by atoms with Gasteiger partial charge in [0, 0.05) is 17.3 Å². The Morgan fingerprint density at radius 2 is 2.41 bits per heavy atom. The number of benzene rings is 1. The Kier molecular flexibility index (Phi) is 4.02. The van der Waals surface area contributed by atoms with Crippen molar-refractivity contribution < 1.29 is 19.0 Å². The third-order valence-corrected chi connectivity index (χ3v) is 3.94. The van der Waals surface area contributed by atoms with Gasteiger partial charge in [-0.05, 0) is 30.5 Å². The van der Waals surface area contributed by atoms with Gasteiger partial charge in [0.2, 0.25) is 0 Å². The molecule has 3 nitrogen and oxygen atoms in total. The van der Waals surface area contributed by atoms with Crippen molar-refractivity contribution in [3.63, 3.8) is 0 Å². The van der Waals surface area contributed by atoms with Crippen molar-refractivity contribution in [1.82, 2.24) is 0 Å². The zero-order chi connectivity index (χ0) is 12.3. The standard InChI is InChI=1S/C12H13FO3S/c13-10-2-1-9(12(14)15)5-11(10)17-7-8-3-4-16-6-8/h1-2,5,8H,3-4,6-7H2,(H,14,15). The summed E-state index contributed by atoms with van der Waals surface area (Å²) in [6.45, 7) is 1.48. The van der Waals surface area contributed by atoms with Crippen molar-refractivity contribution in [2.75, 3.05) is 19.0 Å². The number of aromatic carboxylic acids is 1. The molecule has 2 rings (SSSR count). The highest BCUT2D eigenvalue weighted by atomic mass is 32.2. The first kappa shape index (κ1) is 12.4. The molecule has 1 aliphatic rings. The van der Waals surface area contributed by atoms with Crippen LogP contribution in [0, 0.1) is 11.7 Å². The topological polar surface area (TPSA) is 46.5 Å². The summed E-state index contributed by atoms with van der Waals surface area (Å²) in [5.41, 5.74) is 0.122. The maximum atomic E-state index is 13.5. The Labute approximate surface area is 103 Å². The monoisotopic (exact) mass is 256 g/mol. The van der Waals surface area contributed by atoms with Gasteiger partial charge >= 0.3 is 5.97 Å². The van der Waals surface area contributed by atoms with Gasteiger partial charge in [0.1, 0.15) is 5.82 Å². The van der Waals surface area contributed by atoms with Crippen LogP contribution in [0.25, 0.3) is 0 Å². The highest BCUT2D eigenvalue weighted by Gasteiger charge is 2.17. The molecule has 0 spiro atoms. The second-order valence-electron chi connectivity index (χ2n) is 3.99. The summed E-state index contributed by atoms with van der Waals surface area (Å²) in [5, 5.41) is 8.83. The molecule has 5 heteroatoms. The van der Waals surface area contributed by atoms with Crippen molar-refractivity contribution in [2.24, 2.45) is 5.92 Å². The second-order valence-corrected chi connectivity index (χ2v) is 5.05. The van der Waals surface area contributed by atoms with Crippen LogP contribution in [0.1, 0.15) is 16.8 Å². The average molecular weight is 256 g/mol. The summed E-state index contributed by atoms with van der Waals surface area (Å²) in [5.74, 6) is -0.192. The summed E-state index contributed by atoms with van der Waals surface area (Å²) in [7, 11) is 0. The molecule has 17 heavy (non-hydrogen) atoms. The van der Waals surface area contributed by atoms with Crippen LogP contribution in [0.5, 0.6) is 0 Å². The van der Waals surface area contributed by atoms with Crippen LogP contribution in [0.3, 0.4) is 0 Å². The van der Waals surface area contributed by atoms with E-state index in [1.54, 1.807) is 0 Å². The Balaban J connectivity index is 2.03.